The van der Waals surface area contributed by atoms with Crippen molar-refractivity contribution < 1.29 is 0 Å². The first-order valence-corrected chi connectivity index (χ1v) is 5.35. The zero-order chi connectivity index (χ0) is 10.9. The predicted octanol–water partition coefficient (Wildman–Crippen LogP) is 1.85. The van der Waals surface area contributed by atoms with Crippen LogP contribution < -0.4 is 16.8 Å². The molecule has 5 N–H and O–H groups in total. The number of pyridine rings is 1. The second-order valence-corrected chi connectivity index (χ2v) is 4.69. The Kier molecular flexibility index (Phi) is 2.42. The van der Waals surface area contributed by atoms with Gasteiger partial charge in [-0.2, -0.15) is 0 Å². The van der Waals surface area contributed by atoms with Crippen LogP contribution in [0.1, 0.15) is 26.2 Å². The summed E-state index contributed by atoms with van der Waals surface area (Å²) >= 11 is 0. The van der Waals surface area contributed by atoms with Gasteiger partial charge in [-0.1, -0.05) is 13.3 Å². The maximum absolute atomic E-state index is 5.63. The Morgan fingerprint density at radius 2 is 2.13 bits per heavy atom. The third kappa shape index (κ3) is 2.14. The second-order valence-electron chi connectivity index (χ2n) is 4.69. The van der Waals surface area contributed by atoms with Gasteiger partial charge in [-0.25, -0.2) is 4.98 Å². The fourth-order valence-electron chi connectivity index (χ4n) is 1.85. The number of anilines is 3. The van der Waals surface area contributed by atoms with Crippen LogP contribution in [-0.2, 0) is 0 Å². The molecule has 0 bridgehead atoms. The molecule has 1 saturated carbocycles. The van der Waals surface area contributed by atoms with Crippen LogP contribution in [0.2, 0.25) is 0 Å². The minimum Gasteiger partial charge on any atom is -0.396 e. The summed E-state index contributed by atoms with van der Waals surface area (Å²) in [6.45, 7) is 3.26. The van der Waals surface area contributed by atoms with E-state index in [0.29, 0.717) is 16.9 Å². The van der Waals surface area contributed by atoms with Crippen molar-refractivity contribution in [2.75, 3.05) is 23.3 Å². The van der Waals surface area contributed by atoms with Crippen molar-refractivity contribution in [3.8, 4) is 0 Å². The Morgan fingerprint density at radius 1 is 1.40 bits per heavy atom. The van der Waals surface area contributed by atoms with E-state index in [2.05, 4.69) is 17.2 Å². The standard InChI is InChI=1S/C11H18N4/c1-11(5-2-6-11)7-14-9-4-3-8(12)10(13)15-9/h3-4H,2,5-7,12H2,1H3,(H3,13,14,15). The molecule has 1 fully saturated rings. The molecule has 0 aliphatic heterocycles. The fourth-order valence-corrected chi connectivity index (χ4v) is 1.85. The van der Waals surface area contributed by atoms with Crippen LogP contribution in [0.4, 0.5) is 17.3 Å². The average molecular weight is 206 g/mol. The van der Waals surface area contributed by atoms with E-state index in [1.165, 1.54) is 19.3 Å². The smallest absolute Gasteiger partial charge is 0.149 e. The lowest BCUT2D eigenvalue weighted by atomic mass is 9.70. The highest BCUT2D eigenvalue weighted by atomic mass is 15.0. The molecule has 1 heterocycles. The summed E-state index contributed by atoms with van der Waals surface area (Å²) in [6, 6.07) is 3.65. The molecule has 0 amide bonds. The summed E-state index contributed by atoms with van der Waals surface area (Å²) in [6.07, 6.45) is 3.93. The molecule has 0 atom stereocenters. The van der Waals surface area contributed by atoms with Crippen LogP contribution in [0.15, 0.2) is 12.1 Å². The van der Waals surface area contributed by atoms with Crippen LogP contribution in [0.25, 0.3) is 0 Å². The lowest BCUT2D eigenvalue weighted by Crippen LogP contribution is -2.33. The van der Waals surface area contributed by atoms with E-state index in [1.807, 2.05) is 6.07 Å². The Morgan fingerprint density at radius 3 is 2.67 bits per heavy atom. The molecular weight excluding hydrogens is 188 g/mol. The molecule has 0 radical (unpaired) electrons. The summed E-state index contributed by atoms with van der Waals surface area (Å²) in [5.41, 5.74) is 12.2. The quantitative estimate of drug-likeness (QED) is 0.705. The number of hydrogen-bond acceptors (Lipinski definition) is 4. The van der Waals surface area contributed by atoms with Gasteiger partial charge in [-0.3, -0.25) is 0 Å². The first kappa shape index (κ1) is 10.1. The van der Waals surface area contributed by atoms with Crippen molar-refractivity contribution in [3.63, 3.8) is 0 Å². The maximum Gasteiger partial charge on any atom is 0.149 e. The third-order valence-electron chi connectivity index (χ3n) is 3.21. The van der Waals surface area contributed by atoms with Crippen molar-refractivity contribution in [2.45, 2.75) is 26.2 Å². The number of hydrogen-bond donors (Lipinski definition) is 3. The number of nitrogen functional groups attached to an aromatic ring is 2. The minimum absolute atomic E-state index is 0.402. The lowest BCUT2D eigenvalue weighted by Gasteiger charge is -2.38. The highest BCUT2D eigenvalue weighted by Crippen LogP contribution is 2.40. The molecule has 0 saturated heterocycles. The summed E-state index contributed by atoms with van der Waals surface area (Å²) < 4.78 is 0. The van der Waals surface area contributed by atoms with E-state index in [4.69, 9.17) is 11.5 Å². The summed E-state index contributed by atoms with van der Waals surface area (Å²) in [7, 11) is 0. The number of nitrogens with zero attached hydrogens (tertiary/aromatic N) is 1. The first-order chi connectivity index (χ1) is 7.09. The molecule has 1 aromatic rings. The Bertz CT molecular complexity index is 358. The first-order valence-electron chi connectivity index (χ1n) is 5.35. The molecule has 0 spiro atoms. The molecule has 1 aliphatic carbocycles. The summed E-state index contributed by atoms with van der Waals surface area (Å²) in [5.74, 6) is 1.22. The average Bonchev–Trinajstić information content (AvgIpc) is 2.17. The Hall–Kier alpha value is -1.45. The molecule has 1 aromatic heterocycles. The molecule has 82 valence electrons. The zero-order valence-corrected chi connectivity index (χ0v) is 9.09. The van der Waals surface area contributed by atoms with Gasteiger partial charge in [-0.05, 0) is 30.4 Å². The van der Waals surface area contributed by atoms with Crippen LogP contribution in [0.5, 0.6) is 0 Å². The maximum atomic E-state index is 5.63. The molecule has 0 unspecified atom stereocenters. The van der Waals surface area contributed by atoms with Gasteiger partial charge in [-0.15, -0.1) is 0 Å². The van der Waals surface area contributed by atoms with Crippen LogP contribution in [0.3, 0.4) is 0 Å². The summed E-state index contributed by atoms with van der Waals surface area (Å²) in [4.78, 5) is 4.18. The topological polar surface area (TPSA) is 77.0 Å². The van der Waals surface area contributed by atoms with Gasteiger partial charge in [0, 0.05) is 6.54 Å². The Balaban J connectivity index is 1.96. The molecule has 4 heteroatoms. The van der Waals surface area contributed by atoms with Crippen molar-refractivity contribution >= 4 is 17.3 Å². The summed E-state index contributed by atoms with van der Waals surface area (Å²) in [5, 5.41) is 3.31. The zero-order valence-electron chi connectivity index (χ0n) is 9.09. The van der Waals surface area contributed by atoms with E-state index in [1.54, 1.807) is 6.07 Å². The van der Waals surface area contributed by atoms with E-state index < -0.39 is 0 Å². The minimum atomic E-state index is 0.402. The molecule has 1 aliphatic rings. The third-order valence-corrected chi connectivity index (χ3v) is 3.21. The van der Waals surface area contributed by atoms with Crippen molar-refractivity contribution in [1.29, 1.82) is 0 Å². The Labute approximate surface area is 90.1 Å². The van der Waals surface area contributed by atoms with Crippen molar-refractivity contribution in [3.05, 3.63) is 12.1 Å². The highest BCUT2D eigenvalue weighted by molar-refractivity contribution is 5.61. The monoisotopic (exact) mass is 206 g/mol. The number of nitrogens with two attached hydrogens (primary N) is 2. The van der Waals surface area contributed by atoms with Gasteiger partial charge in [0.25, 0.3) is 0 Å². The number of aromatic nitrogens is 1. The van der Waals surface area contributed by atoms with Gasteiger partial charge in [0.05, 0.1) is 5.69 Å². The fraction of sp³-hybridized carbons (Fsp3) is 0.545. The largest absolute Gasteiger partial charge is 0.396 e. The van der Waals surface area contributed by atoms with Gasteiger partial charge in [0.2, 0.25) is 0 Å². The molecule has 0 aromatic carbocycles. The van der Waals surface area contributed by atoms with E-state index in [0.717, 1.165) is 12.4 Å². The van der Waals surface area contributed by atoms with Gasteiger partial charge in [0.15, 0.2) is 0 Å². The molecule has 4 nitrogen and oxygen atoms in total. The SMILES string of the molecule is CC1(CNc2ccc(N)c(N)n2)CCC1. The predicted molar refractivity (Wildman–Crippen MR) is 63.5 cm³/mol. The molecular formula is C11H18N4. The molecule has 15 heavy (non-hydrogen) atoms. The normalized spacial score (nSPS) is 18.2. The van der Waals surface area contributed by atoms with E-state index in [9.17, 15) is 0 Å². The van der Waals surface area contributed by atoms with Crippen LogP contribution in [-0.4, -0.2) is 11.5 Å². The van der Waals surface area contributed by atoms with Gasteiger partial charge >= 0.3 is 0 Å². The lowest BCUT2D eigenvalue weighted by molar-refractivity contribution is 0.180. The van der Waals surface area contributed by atoms with Crippen LogP contribution in [0, 0.1) is 5.41 Å². The van der Waals surface area contributed by atoms with Crippen molar-refractivity contribution in [1.82, 2.24) is 4.98 Å². The highest BCUT2D eigenvalue weighted by Gasteiger charge is 2.31. The second kappa shape index (κ2) is 3.61. The van der Waals surface area contributed by atoms with Crippen LogP contribution >= 0.6 is 0 Å². The number of nitrogens with one attached hydrogen (secondary N) is 1. The van der Waals surface area contributed by atoms with Gasteiger partial charge in [0.1, 0.15) is 11.6 Å². The van der Waals surface area contributed by atoms with E-state index in [-0.39, 0.29) is 0 Å². The van der Waals surface area contributed by atoms with E-state index >= 15 is 0 Å². The van der Waals surface area contributed by atoms with Gasteiger partial charge < -0.3 is 16.8 Å². The number of rotatable bonds is 3. The van der Waals surface area contributed by atoms with Crippen molar-refractivity contribution in [2.24, 2.45) is 5.41 Å². The molecule has 2 rings (SSSR count).